The van der Waals surface area contributed by atoms with E-state index in [2.05, 4.69) is 31.5 Å². The van der Waals surface area contributed by atoms with Crippen molar-refractivity contribution in [2.75, 3.05) is 99.1 Å². The number of carbonyl (C=O) groups excluding carboxylic acids is 6. The fourth-order valence-corrected chi connectivity index (χ4v) is 8.40. The van der Waals surface area contributed by atoms with Gasteiger partial charge in [0.05, 0.1) is 42.3 Å². The summed E-state index contributed by atoms with van der Waals surface area (Å²) in [4.78, 5) is 91.4. The highest BCUT2D eigenvalue weighted by atomic mass is 16.5. The van der Waals surface area contributed by atoms with Gasteiger partial charge in [0.15, 0.2) is 5.69 Å². The van der Waals surface area contributed by atoms with Crippen LogP contribution in [-0.2, 0) is 25.7 Å². The van der Waals surface area contributed by atoms with Gasteiger partial charge in [-0.25, -0.2) is 0 Å². The lowest BCUT2D eigenvalue weighted by Gasteiger charge is -2.39. The number of piperazine rings is 1. The first-order valence-electron chi connectivity index (χ1n) is 20.1. The summed E-state index contributed by atoms with van der Waals surface area (Å²) in [6, 6.07) is 9.84. The van der Waals surface area contributed by atoms with Crippen LogP contribution < -0.4 is 26.2 Å². The summed E-state index contributed by atoms with van der Waals surface area (Å²) in [6.45, 7) is 6.21. The number of hydrogen-bond donors (Lipinski definition) is 3. The van der Waals surface area contributed by atoms with Crippen LogP contribution in [0.5, 0.6) is 0 Å². The Morgan fingerprint density at radius 3 is 2.37 bits per heavy atom. The molecular formula is C40H47N10O9-. The largest absolute Gasteiger partial charge is 0.756 e. The van der Waals surface area contributed by atoms with Crippen molar-refractivity contribution < 1.29 is 37.9 Å². The van der Waals surface area contributed by atoms with E-state index in [-0.39, 0.29) is 54.1 Å². The van der Waals surface area contributed by atoms with E-state index >= 15 is 0 Å². The molecule has 0 saturated carbocycles. The normalized spacial score (nSPS) is 20.6. The summed E-state index contributed by atoms with van der Waals surface area (Å²) in [5.41, 5.74) is 8.73. The molecule has 4 fully saturated rings. The van der Waals surface area contributed by atoms with Crippen LogP contribution in [0.2, 0.25) is 0 Å². The molecule has 312 valence electrons. The van der Waals surface area contributed by atoms with Gasteiger partial charge in [0.25, 0.3) is 23.7 Å². The quantitative estimate of drug-likeness (QED) is 0.232. The number of morpholine rings is 1. The van der Waals surface area contributed by atoms with Crippen molar-refractivity contribution in [1.29, 1.82) is 0 Å². The number of nitrogens with one attached hydrogen (secondary N) is 2. The van der Waals surface area contributed by atoms with E-state index in [0.717, 1.165) is 16.2 Å². The maximum absolute atomic E-state index is 13.5. The van der Waals surface area contributed by atoms with Crippen LogP contribution in [-0.4, -0.2) is 145 Å². The third-order valence-corrected chi connectivity index (χ3v) is 11.7. The smallest absolute Gasteiger partial charge is 0.298 e. The first-order chi connectivity index (χ1) is 28.5. The maximum atomic E-state index is 13.5. The van der Waals surface area contributed by atoms with Crippen LogP contribution in [0, 0.1) is 11.1 Å². The Morgan fingerprint density at radius 2 is 1.63 bits per heavy atom. The second-order valence-electron chi connectivity index (χ2n) is 15.4. The average Bonchev–Trinajstić information content (AvgIpc) is 3.85. The van der Waals surface area contributed by atoms with E-state index in [1.54, 1.807) is 17.0 Å². The zero-order chi connectivity index (χ0) is 41.2. The van der Waals surface area contributed by atoms with Gasteiger partial charge in [-0.2, -0.15) is 4.98 Å². The summed E-state index contributed by atoms with van der Waals surface area (Å²) < 4.78 is 11.0. The topological polar surface area (TPSA) is 230 Å². The lowest BCUT2D eigenvalue weighted by molar-refractivity contribution is -0.135. The molecule has 3 aromatic rings. The number of piperidine rings is 2. The number of imide groups is 1. The first kappa shape index (κ1) is 39.8. The standard InChI is InChI=1S/C40H47N10O9/c41-35(52)26-8-11-46(12-9-26)32-21-25(6-7-28(32)43-36(53)30-24-59-40(44-30)48-17-19-58-20-18-48)23-45-13-15-47(16-14-45)33(51)22-42-29-4-1-3-27-34(29)39(56)50(37(27)54)31-5-2-10-49(57)38(31)55/h1,3-4,6-7,21,24,26,31,42H,2,5,8-20,22-23H2,(H2,41,52)(H,43,53)/q-1. The van der Waals surface area contributed by atoms with Gasteiger partial charge in [-0.05, 0) is 55.5 Å². The third-order valence-electron chi connectivity index (χ3n) is 11.7. The molecule has 5 aliphatic rings. The highest BCUT2D eigenvalue weighted by Crippen LogP contribution is 2.34. The van der Waals surface area contributed by atoms with Gasteiger partial charge in [0.1, 0.15) is 12.3 Å². The molecule has 0 spiro atoms. The molecule has 0 aliphatic carbocycles. The molecule has 8 rings (SSSR count). The van der Waals surface area contributed by atoms with Crippen LogP contribution in [0.15, 0.2) is 47.1 Å². The van der Waals surface area contributed by atoms with E-state index in [0.29, 0.717) is 114 Å². The highest BCUT2D eigenvalue weighted by molar-refractivity contribution is 6.25. The van der Waals surface area contributed by atoms with Crippen LogP contribution in [0.25, 0.3) is 0 Å². The molecule has 4 saturated heterocycles. The van der Waals surface area contributed by atoms with Gasteiger partial charge >= 0.3 is 0 Å². The summed E-state index contributed by atoms with van der Waals surface area (Å²) in [5, 5.41) is 18.4. The first-order valence-corrected chi connectivity index (χ1v) is 20.1. The number of hydrogen-bond acceptors (Lipinski definition) is 14. The number of primary amides is 1. The molecule has 59 heavy (non-hydrogen) atoms. The molecule has 4 N–H and O–H groups in total. The minimum absolute atomic E-state index is 0.0278. The number of oxazole rings is 1. The Hall–Kier alpha value is -6.05. The molecule has 6 heterocycles. The Morgan fingerprint density at radius 1 is 0.864 bits per heavy atom. The van der Waals surface area contributed by atoms with E-state index in [4.69, 9.17) is 14.9 Å². The number of benzene rings is 2. The summed E-state index contributed by atoms with van der Waals surface area (Å²) in [5.74, 6) is -3.19. The third kappa shape index (κ3) is 8.30. The molecule has 6 amide bonds. The van der Waals surface area contributed by atoms with Crippen molar-refractivity contribution in [1.82, 2.24) is 24.7 Å². The van der Waals surface area contributed by atoms with Crippen molar-refractivity contribution >= 4 is 58.5 Å². The highest BCUT2D eigenvalue weighted by Gasteiger charge is 2.45. The Bertz CT molecular complexity index is 2120. The Kier molecular flexibility index (Phi) is 11.5. The number of nitrogens with zero attached hydrogens (tertiary/aromatic N) is 7. The number of rotatable bonds is 11. The maximum Gasteiger partial charge on any atom is 0.298 e. The molecule has 0 bridgehead atoms. The van der Waals surface area contributed by atoms with E-state index in [1.165, 1.54) is 12.3 Å². The molecule has 1 atom stereocenters. The Balaban J connectivity index is 0.884. The minimum atomic E-state index is -1.15. The molecule has 0 radical (unpaired) electrons. The van der Waals surface area contributed by atoms with Crippen molar-refractivity contribution in [3.05, 3.63) is 70.3 Å². The summed E-state index contributed by atoms with van der Waals surface area (Å²) in [6.07, 6.45) is 3.16. The summed E-state index contributed by atoms with van der Waals surface area (Å²) in [7, 11) is 0. The monoisotopic (exact) mass is 811 g/mol. The van der Waals surface area contributed by atoms with E-state index < -0.39 is 29.7 Å². The van der Waals surface area contributed by atoms with Crippen LogP contribution in [0.4, 0.5) is 23.1 Å². The molecule has 2 aromatic carbocycles. The molecular weight excluding hydrogens is 765 g/mol. The van der Waals surface area contributed by atoms with Crippen molar-refractivity contribution in [2.24, 2.45) is 11.7 Å². The van der Waals surface area contributed by atoms with Crippen LogP contribution >= 0.6 is 0 Å². The second kappa shape index (κ2) is 17.0. The van der Waals surface area contributed by atoms with E-state index in [9.17, 15) is 34.0 Å². The fourth-order valence-electron chi connectivity index (χ4n) is 8.40. The zero-order valence-electron chi connectivity index (χ0n) is 32.6. The van der Waals surface area contributed by atoms with Crippen molar-refractivity contribution in [3.63, 3.8) is 0 Å². The number of ether oxygens (including phenoxy) is 1. The average molecular weight is 812 g/mol. The lowest BCUT2D eigenvalue weighted by Crippen LogP contribution is -2.52. The molecule has 1 aromatic heterocycles. The van der Waals surface area contributed by atoms with Crippen LogP contribution in [0.3, 0.4) is 0 Å². The second-order valence-corrected chi connectivity index (χ2v) is 15.4. The lowest BCUT2D eigenvalue weighted by atomic mass is 9.95. The number of nitrogens with two attached hydrogens (primary N) is 1. The number of carbonyl (C=O) groups is 6. The molecule has 5 aliphatic heterocycles. The number of hydroxylamine groups is 2. The number of fused-ring (bicyclic) bond motifs is 1. The minimum Gasteiger partial charge on any atom is -0.756 e. The molecule has 19 heteroatoms. The van der Waals surface area contributed by atoms with Gasteiger partial charge in [0.2, 0.25) is 17.7 Å². The van der Waals surface area contributed by atoms with Gasteiger partial charge in [0, 0.05) is 77.1 Å². The van der Waals surface area contributed by atoms with E-state index in [1.807, 2.05) is 17.0 Å². The number of anilines is 4. The number of amides is 6. The summed E-state index contributed by atoms with van der Waals surface area (Å²) >= 11 is 0. The van der Waals surface area contributed by atoms with Gasteiger partial charge < -0.3 is 50.5 Å². The predicted octanol–water partition coefficient (Wildman–Crippen LogP) is 1.31. The SMILES string of the molecule is NC(=O)C1CCN(c2cc(CN3CCN(C(=O)CNc4cccc5c4C(=O)N(C4CCCN([O-])C4=O)C5=O)CC3)ccc2NC(=O)c2coc(N3CCOCC3)n2)CC1. The van der Waals surface area contributed by atoms with Crippen molar-refractivity contribution in [3.8, 4) is 0 Å². The van der Waals surface area contributed by atoms with Crippen molar-refractivity contribution in [2.45, 2.75) is 38.3 Å². The van der Waals surface area contributed by atoms with Gasteiger partial charge in [-0.3, -0.25) is 38.6 Å². The van der Waals surface area contributed by atoms with Gasteiger partial charge in [-0.1, -0.05) is 12.1 Å². The van der Waals surface area contributed by atoms with Gasteiger partial charge in [-0.15, -0.1) is 0 Å². The Labute approximate surface area is 339 Å². The predicted molar refractivity (Wildman–Crippen MR) is 213 cm³/mol. The van der Waals surface area contributed by atoms with Crippen LogP contribution in [0.1, 0.15) is 62.5 Å². The fraction of sp³-hybridized carbons (Fsp3) is 0.475. The molecule has 1 unspecified atom stereocenters. The zero-order valence-corrected chi connectivity index (χ0v) is 32.6. The number of aromatic nitrogens is 1. The molecule has 19 nitrogen and oxygen atoms in total.